The third-order valence-electron chi connectivity index (χ3n) is 4.73. The Kier molecular flexibility index (Phi) is 4.94. The lowest BCUT2D eigenvalue weighted by Gasteiger charge is -2.33. The summed E-state index contributed by atoms with van der Waals surface area (Å²) in [6.07, 6.45) is 7.03. The molecule has 2 aromatic rings. The quantitative estimate of drug-likeness (QED) is 0.866. The number of anilines is 1. The van der Waals surface area contributed by atoms with E-state index in [4.69, 9.17) is 10.5 Å². The Bertz CT molecular complexity index is 779. The van der Waals surface area contributed by atoms with Crippen LogP contribution in [0, 0.1) is 5.41 Å². The molecular weight excluding hydrogens is 316 g/mol. The van der Waals surface area contributed by atoms with Gasteiger partial charge in [0.05, 0.1) is 18.0 Å². The summed E-state index contributed by atoms with van der Waals surface area (Å²) in [6.45, 7) is 10.6. The van der Waals surface area contributed by atoms with Gasteiger partial charge in [0.1, 0.15) is 0 Å². The van der Waals surface area contributed by atoms with Gasteiger partial charge in [-0.3, -0.25) is 0 Å². The normalized spacial score (nSPS) is 20.1. The third kappa shape index (κ3) is 3.76. The fourth-order valence-corrected chi connectivity index (χ4v) is 3.22. The van der Waals surface area contributed by atoms with E-state index < -0.39 is 0 Å². The molecule has 0 radical (unpaired) electrons. The highest BCUT2D eigenvalue weighted by molar-refractivity contribution is 5.64. The van der Waals surface area contributed by atoms with E-state index >= 15 is 0 Å². The van der Waals surface area contributed by atoms with Crippen molar-refractivity contribution in [1.29, 1.82) is 0 Å². The van der Waals surface area contributed by atoms with Gasteiger partial charge in [0, 0.05) is 6.54 Å². The van der Waals surface area contributed by atoms with Gasteiger partial charge in [0.2, 0.25) is 0 Å². The SMILES string of the molecule is CCC[C@H](C)Oc1nc(N)c2ncc(C=C3CCNCC3(C)C)n2n1. The highest BCUT2D eigenvalue weighted by atomic mass is 16.5. The van der Waals surface area contributed by atoms with Gasteiger partial charge in [-0.05, 0) is 37.8 Å². The number of nitrogen functional groups attached to an aromatic ring is 1. The smallest absolute Gasteiger partial charge is 0.336 e. The molecule has 0 unspecified atom stereocenters. The zero-order chi connectivity index (χ0) is 18.0. The largest absolute Gasteiger partial charge is 0.459 e. The fourth-order valence-electron chi connectivity index (χ4n) is 3.22. The summed E-state index contributed by atoms with van der Waals surface area (Å²) >= 11 is 0. The second kappa shape index (κ2) is 7.00. The lowest BCUT2D eigenvalue weighted by Crippen LogP contribution is -2.37. The van der Waals surface area contributed by atoms with E-state index in [1.54, 1.807) is 10.7 Å². The van der Waals surface area contributed by atoms with Gasteiger partial charge >= 0.3 is 6.01 Å². The number of piperidine rings is 1. The molecule has 0 spiro atoms. The van der Waals surface area contributed by atoms with Crippen molar-refractivity contribution >= 4 is 17.5 Å². The van der Waals surface area contributed by atoms with Gasteiger partial charge in [-0.15, -0.1) is 5.10 Å². The minimum absolute atomic E-state index is 0.0514. The average Bonchev–Trinajstić information content (AvgIpc) is 2.93. The topological polar surface area (TPSA) is 90.4 Å². The third-order valence-corrected chi connectivity index (χ3v) is 4.73. The van der Waals surface area contributed by atoms with Crippen molar-refractivity contribution in [1.82, 2.24) is 24.9 Å². The summed E-state index contributed by atoms with van der Waals surface area (Å²) in [6, 6.07) is 0.299. The number of nitrogens with two attached hydrogens (primary N) is 1. The molecule has 3 N–H and O–H groups in total. The van der Waals surface area contributed by atoms with Gasteiger partial charge in [0.15, 0.2) is 11.5 Å². The van der Waals surface area contributed by atoms with Crippen LogP contribution in [0.4, 0.5) is 5.82 Å². The molecule has 0 saturated carbocycles. The zero-order valence-electron chi connectivity index (χ0n) is 15.5. The van der Waals surface area contributed by atoms with Crippen molar-refractivity contribution in [2.75, 3.05) is 18.8 Å². The number of hydrogen-bond donors (Lipinski definition) is 2. The molecule has 1 aliphatic heterocycles. The molecular formula is C18H28N6O. The van der Waals surface area contributed by atoms with Crippen molar-refractivity contribution < 1.29 is 4.74 Å². The van der Waals surface area contributed by atoms with Gasteiger partial charge < -0.3 is 15.8 Å². The van der Waals surface area contributed by atoms with Crippen LogP contribution in [-0.4, -0.2) is 38.8 Å². The van der Waals surface area contributed by atoms with Crippen LogP contribution in [-0.2, 0) is 0 Å². The molecule has 3 heterocycles. The van der Waals surface area contributed by atoms with E-state index in [0.29, 0.717) is 17.5 Å². The molecule has 2 aromatic heterocycles. The first-order valence-corrected chi connectivity index (χ1v) is 9.00. The zero-order valence-corrected chi connectivity index (χ0v) is 15.5. The van der Waals surface area contributed by atoms with Crippen LogP contribution in [0.3, 0.4) is 0 Å². The highest BCUT2D eigenvalue weighted by Crippen LogP contribution is 2.32. The van der Waals surface area contributed by atoms with Crippen LogP contribution in [0.1, 0.15) is 52.7 Å². The molecule has 3 rings (SSSR count). The molecule has 7 heteroatoms. The van der Waals surface area contributed by atoms with Crippen molar-refractivity contribution in [2.45, 2.75) is 53.1 Å². The molecule has 136 valence electrons. The molecule has 25 heavy (non-hydrogen) atoms. The summed E-state index contributed by atoms with van der Waals surface area (Å²) in [5.41, 5.74) is 9.02. The maximum absolute atomic E-state index is 6.06. The number of fused-ring (bicyclic) bond motifs is 1. The maximum Gasteiger partial charge on any atom is 0.336 e. The summed E-state index contributed by atoms with van der Waals surface area (Å²) in [4.78, 5) is 8.63. The van der Waals surface area contributed by atoms with Gasteiger partial charge in [-0.2, -0.15) is 4.98 Å². The number of ether oxygens (including phenoxy) is 1. The van der Waals surface area contributed by atoms with Gasteiger partial charge in [-0.1, -0.05) is 32.8 Å². The summed E-state index contributed by atoms with van der Waals surface area (Å²) in [7, 11) is 0. The Morgan fingerprint density at radius 3 is 3.00 bits per heavy atom. The van der Waals surface area contributed by atoms with Crippen molar-refractivity contribution in [2.24, 2.45) is 5.41 Å². The number of nitrogens with one attached hydrogen (secondary N) is 1. The molecule has 0 amide bonds. The lowest BCUT2D eigenvalue weighted by molar-refractivity contribution is 0.189. The van der Waals surface area contributed by atoms with Gasteiger partial charge in [0.25, 0.3) is 0 Å². The van der Waals surface area contributed by atoms with Crippen LogP contribution in [0.25, 0.3) is 11.7 Å². The van der Waals surface area contributed by atoms with E-state index in [1.807, 2.05) is 6.92 Å². The number of hydrogen-bond acceptors (Lipinski definition) is 6. The van der Waals surface area contributed by atoms with E-state index in [1.165, 1.54) is 5.57 Å². The summed E-state index contributed by atoms with van der Waals surface area (Å²) in [5.74, 6) is 0.336. The van der Waals surface area contributed by atoms with E-state index in [-0.39, 0.29) is 11.5 Å². The minimum atomic E-state index is 0.0514. The second-order valence-electron chi connectivity index (χ2n) is 7.40. The maximum atomic E-state index is 6.06. The fraction of sp³-hybridized carbons (Fsp3) is 0.611. The number of nitrogens with zero attached hydrogens (tertiary/aromatic N) is 4. The highest BCUT2D eigenvalue weighted by Gasteiger charge is 2.26. The Morgan fingerprint density at radius 2 is 2.28 bits per heavy atom. The van der Waals surface area contributed by atoms with E-state index in [2.05, 4.69) is 47.2 Å². The van der Waals surface area contributed by atoms with Crippen molar-refractivity contribution in [3.8, 4) is 6.01 Å². The van der Waals surface area contributed by atoms with Crippen LogP contribution in [0.15, 0.2) is 11.8 Å². The van der Waals surface area contributed by atoms with Gasteiger partial charge in [-0.25, -0.2) is 9.50 Å². The predicted octanol–water partition coefficient (Wildman–Crippen LogP) is 2.68. The Balaban J connectivity index is 1.98. The Labute approximate surface area is 148 Å². The Morgan fingerprint density at radius 1 is 1.48 bits per heavy atom. The van der Waals surface area contributed by atoms with Crippen LogP contribution >= 0.6 is 0 Å². The average molecular weight is 344 g/mol. The van der Waals surface area contributed by atoms with E-state index in [0.717, 1.165) is 38.0 Å². The van der Waals surface area contributed by atoms with E-state index in [9.17, 15) is 0 Å². The molecule has 7 nitrogen and oxygen atoms in total. The predicted molar refractivity (Wildman–Crippen MR) is 99.4 cm³/mol. The lowest BCUT2D eigenvalue weighted by atomic mass is 9.79. The summed E-state index contributed by atoms with van der Waals surface area (Å²) < 4.78 is 7.56. The van der Waals surface area contributed by atoms with Crippen molar-refractivity contribution in [3.63, 3.8) is 0 Å². The first-order valence-electron chi connectivity index (χ1n) is 9.00. The first kappa shape index (κ1) is 17.7. The summed E-state index contributed by atoms with van der Waals surface area (Å²) in [5, 5.41) is 7.96. The van der Waals surface area contributed by atoms with Crippen LogP contribution in [0.2, 0.25) is 0 Å². The van der Waals surface area contributed by atoms with Crippen LogP contribution < -0.4 is 15.8 Å². The second-order valence-corrected chi connectivity index (χ2v) is 7.40. The molecule has 0 bridgehead atoms. The number of imidazole rings is 1. The molecule has 1 aliphatic rings. The molecule has 0 aliphatic carbocycles. The Hall–Kier alpha value is -2.15. The first-order chi connectivity index (χ1) is 11.9. The molecule has 0 aromatic carbocycles. The van der Waals surface area contributed by atoms with Crippen LogP contribution in [0.5, 0.6) is 6.01 Å². The molecule has 1 fully saturated rings. The van der Waals surface area contributed by atoms with Crippen molar-refractivity contribution in [3.05, 3.63) is 17.5 Å². The molecule has 1 saturated heterocycles. The minimum Gasteiger partial charge on any atom is -0.459 e. The number of rotatable bonds is 5. The standard InChI is InChI=1S/C18H28N6O/c1-5-6-12(2)25-17-22-15(19)16-21-10-14(24(16)23-17)9-13-7-8-20-11-18(13,3)4/h9-10,12,20H,5-8,11H2,1-4H3,(H2,19,22,23)/t12-/m0/s1. The number of aromatic nitrogens is 4. The monoisotopic (exact) mass is 344 g/mol. The molecule has 1 atom stereocenters.